The molecule has 0 unspecified atom stereocenters. The van der Waals surface area contributed by atoms with Crippen molar-refractivity contribution in [2.24, 2.45) is 0 Å². The lowest BCUT2D eigenvalue weighted by Crippen LogP contribution is -2.32. The van der Waals surface area contributed by atoms with Gasteiger partial charge >= 0.3 is 12.0 Å². The maximum Gasteiger partial charge on any atom is 0.329 e. The standard InChI is InChI=1S/C12H14F2N2O4/c1-7-4-9(14)10(5-8(7)13)16-12(19)15-2-3-20-6-11(17)18/h4-5H,2-3,6H2,1H3,(H,17,18)(H2,15,16,19). The second kappa shape index (κ2) is 7.39. The Morgan fingerprint density at radius 2 is 2.00 bits per heavy atom. The molecule has 0 saturated heterocycles. The molecule has 0 saturated carbocycles. The number of amides is 2. The first-order valence-corrected chi connectivity index (χ1v) is 5.70. The van der Waals surface area contributed by atoms with Crippen molar-refractivity contribution in [1.29, 1.82) is 0 Å². The van der Waals surface area contributed by atoms with Crippen molar-refractivity contribution in [2.45, 2.75) is 6.92 Å². The average Bonchev–Trinajstić information content (AvgIpc) is 2.35. The van der Waals surface area contributed by atoms with E-state index in [1.54, 1.807) is 0 Å². The fraction of sp³-hybridized carbons (Fsp3) is 0.333. The molecule has 0 atom stereocenters. The normalized spacial score (nSPS) is 10.2. The zero-order chi connectivity index (χ0) is 15.1. The quantitative estimate of drug-likeness (QED) is 0.692. The average molecular weight is 288 g/mol. The fourth-order valence-corrected chi connectivity index (χ4v) is 1.30. The molecule has 0 radical (unpaired) electrons. The summed E-state index contributed by atoms with van der Waals surface area (Å²) in [5.74, 6) is -2.50. The molecule has 6 nitrogen and oxygen atoms in total. The number of hydrogen-bond donors (Lipinski definition) is 3. The van der Waals surface area contributed by atoms with Gasteiger partial charge in [-0.3, -0.25) is 0 Å². The van der Waals surface area contributed by atoms with Crippen LogP contribution >= 0.6 is 0 Å². The number of nitrogens with one attached hydrogen (secondary N) is 2. The number of hydrogen-bond acceptors (Lipinski definition) is 3. The topological polar surface area (TPSA) is 87.7 Å². The van der Waals surface area contributed by atoms with E-state index in [1.165, 1.54) is 6.92 Å². The fourth-order valence-electron chi connectivity index (χ4n) is 1.30. The van der Waals surface area contributed by atoms with Gasteiger partial charge in [0.1, 0.15) is 18.2 Å². The molecule has 0 heterocycles. The van der Waals surface area contributed by atoms with Gasteiger partial charge in [-0.25, -0.2) is 18.4 Å². The lowest BCUT2D eigenvalue weighted by atomic mass is 10.2. The Bertz CT molecular complexity index is 508. The number of rotatable bonds is 6. The van der Waals surface area contributed by atoms with E-state index in [0.29, 0.717) is 0 Å². The highest BCUT2D eigenvalue weighted by Crippen LogP contribution is 2.18. The highest BCUT2D eigenvalue weighted by Gasteiger charge is 2.10. The number of ether oxygens (including phenoxy) is 1. The van der Waals surface area contributed by atoms with Gasteiger partial charge in [-0.1, -0.05) is 0 Å². The van der Waals surface area contributed by atoms with Crippen LogP contribution in [0.15, 0.2) is 12.1 Å². The minimum atomic E-state index is -1.12. The number of anilines is 1. The summed E-state index contributed by atoms with van der Waals surface area (Å²) in [6, 6.07) is 1.11. The second-order valence-corrected chi connectivity index (χ2v) is 3.91. The third kappa shape index (κ3) is 5.19. The van der Waals surface area contributed by atoms with Crippen LogP contribution in [0.2, 0.25) is 0 Å². The van der Waals surface area contributed by atoms with Crippen LogP contribution in [0.4, 0.5) is 19.3 Å². The largest absolute Gasteiger partial charge is 0.480 e. The van der Waals surface area contributed by atoms with Crippen LogP contribution in [0.1, 0.15) is 5.56 Å². The molecule has 8 heteroatoms. The van der Waals surface area contributed by atoms with Gasteiger partial charge in [0, 0.05) is 12.6 Å². The zero-order valence-corrected chi connectivity index (χ0v) is 10.7. The first-order valence-electron chi connectivity index (χ1n) is 5.70. The van der Waals surface area contributed by atoms with Gasteiger partial charge < -0.3 is 20.5 Å². The summed E-state index contributed by atoms with van der Waals surface area (Å²) in [4.78, 5) is 21.5. The summed E-state index contributed by atoms with van der Waals surface area (Å²) in [6.45, 7) is 0.961. The summed E-state index contributed by atoms with van der Waals surface area (Å²) < 4.78 is 31.3. The van der Waals surface area contributed by atoms with Gasteiger partial charge in [0.25, 0.3) is 0 Å². The number of aryl methyl sites for hydroxylation is 1. The minimum absolute atomic E-state index is 0.00946. The lowest BCUT2D eigenvalue weighted by Gasteiger charge is -2.09. The molecular weight excluding hydrogens is 274 g/mol. The SMILES string of the molecule is Cc1cc(F)c(NC(=O)NCCOCC(=O)O)cc1F. The van der Waals surface area contributed by atoms with E-state index < -0.39 is 30.2 Å². The molecule has 1 rings (SSSR count). The van der Waals surface area contributed by atoms with Crippen LogP contribution in [-0.2, 0) is 9.53 Å². The van der Waals surface area contributed by atoms with Crippen LogP contribution in [0, 0.1) is 18.6 Å². The molecular formula is C12H14F2N2O4. The van der Waals surface area contributed by atoms with Crippen molar-refractivity contribution in [1.82, 2.24) is 5.32 Å². The Kier molecular flexibility index (Phi) is 5.85. The number of halogens is 2. The van der Waals surface area contributed by atoms with E-state index in [-0.39, 0.29) is 24.4 Å². The number of benzene rings is 1. The van der Waals surface area contributed by atoms with Crippen LogP contribution in [0.5, 0.6) is 0 Å². The summed E-state index contributed by atoms with van der Waals surface area (Å²) in [7, 11) is 0. The van der Waals surface area contributed by atoms with E-state index in [0.717, 1.165) is 12.1 Å². The number of aliphatic carboxylic acids is 1. The van der Waals surface area contributed by atoms with Crippen molar-refractivity contribution < 1.29 is 28.2 Å². The van der Waals surface area contributed by atoms with Crippen molar-refractivity contribution in [3.05, 3.63) is 29.3 Å². The van der Waals surface area contributed by atoms with E-state index in [1.807, 2.05) is 0 Å². The van der Waals surface area contributed by atoms with E-state index in [4.69, 9.17) is 5.11 Å². The van der Waals surface area contributed by atoms with Gasteiger partial charge in [0.15, 0.2) is 0 Å². The third-order valence-electron chi connectivity index (χ3n) is 2.25. The summed E-state index contributed by atoms with van der Waals surface area (Å²) in [5.41, 5.74) is -0.146. The van der Waals surface area contributed by atoms with Crippen molar-refractivity contribution >= 4 is 17.7 Å². The molecule has 1 aromatic rings. The number of carbonyl (C=O) groups is 2. The van der Waals surface area contributed by atoms with Crippen molar-refractivity contribution in [2.75, 3.05) is 25.1 Å². The monoisotopic (exact) mass is 288 g/mol. The number of carbonyl (C=O) groups excluding carboxylic acids is 1. The molecule has 0 aliphatic carbocycles. The van der Waals surface area contributed by atoms with Crippen LogP contribution < -0.4 is 10.6 Å². The molecule has 0 aromatic heterocycles. The van der Waals surface area contributed by atoms with Crippen LogP contribution in [0.25, 0.3) is 0 Å². The lowest BCUT2D eigenvalue weighted by molar-refractivity contribution is -0.142. The van der Waals surface area contributed by atoms with E-state index in [9.17, 15) is 18.4 Å². The first kappa shape index (κ1) is 15.8. The Hall–Kier alpha value is -2.22. The smallest absolute Gasteiger partial charge is 0.329 e. The first-order chi connectivity index (χ1) is 9.40. The summed E-state index contributed by atoms with van der Waals surface area (Å²) >= 11 is 0. The molecule has 0 aliphatic heterocycles. The van der Waals surface area contributed by atoms with Gasteiger partial charge in [-0.05, 0) is 18.6 Å². The van der Waals surface area contributed by atoms with E-state index in [2.05, 4.69) is 15.4 Å². The third-order valence-corrected chi connectivity index (χ3v) is 2.25. The Balaban J connectivity index is 2.39. The molecule has 0 bridgehead atoms. The molecule has 0 aliphatic rings. The molecule has 2 amide bonds. The van der Waals surface area contributed by atoms with Crippen LogP contribution in [0.3, 0.4) is 0 Å². The predicted octanol–water partition coefficient (Wildman–Crippen LogP) is 1.50. The molecule has 0 spiro atoms. The van der Waals surface area contributed by atoms with Gasteiger partial charge in [-0.2, -0.15) is 0 Å². The summed E-state index contributed by atoms with van der Waals surface area (Å²) in [5, 5.41) is 12.7. The molecule has 20 heavy (non-hydrogen) atoms. The second-order valence-electron chi connectivity index (χ2n) is 3.91. The predicted molar refractivity (Wildman–Crippen MR) is 66.6 cm³/mol. The maximum atomic E-state index is 13.4. The van der Waals surface area contributed by atoms with Crippen molar-refractivity contribution in [3.8, 4) is 0 Å². The van der Waals surface area contributed by atoms with Gasteiger partial charge in [0.2, 0.25) is 0 Å². The maximum absolute atomic E-state index is 13.4. The molecule has 3 N–H and O–H groups in total. The van der Waals surface area contributed by atoms with E-state index >= 15 is 0 Å². The number of carboxylic acid groups (broad SMARTS) is 1. The Morgan fingerprint density at radius 3 is 2.65 bits per heavy atom. The van der Waals surface area contributed by atoms with Crippen LogP contribution in [-0.4, -0.2) is 36.9 Å². The number of carboxylic acids is 1. The number of urea groups is 1. The van der Waals surface area contributed by atoms with Crippen molar-refractivity contribution in [3.63, 3.8) is 0 Å². The minimum Gasteiger partial charge on any atom is -0.480 e. The molecule has 0 fully saturated rings. The Labute approximate surface area is 113 Å². The zero-order valence-electron chi connectivity index (χ0n) is 10.7. The molecule has 110 valence electrons. The van der Waals surface area contributed by atoms with Gasteiger partial charge in [0.05, 0.1) is 12.3 Å². The summed E-state index contributed by atoms with van der Waals surface area (Å²) in [6.07, 6.45) is 0. The highest BCUT2D eigenvalue weighted by molar-refractivity contribution is 5.89. The highest BCUT2D eigenvalue weighted by atomic mass is 19.1. The van der Waals surface area contributed by atoms with Gasteiger partial charge in [-0.15, -0.1) is 0 Å². The Morgan fingerprint density at radius 1 is 1.30 bits per heavy atom. The molecule has 1 aromatic carbocycles.